The van der Waals surface area contributed by atoms with E-state index >= 15 is 0 Å². The number of aliphatic hydroxyl groups excluding tert-OH is 1. The molecule has 0 aromatic heterocycles. The van der Waals surface area contributed by atoms with Crippen molar-refractivity contribution in [3.05, 3.63) is 0 Å². The van der Waals surface area contributed by atoms with E-state index in [2.05, 4.69) is 5.32 Å². The maximum absolute atomic E-state index is 11.7. The zero-order valence-electron chi connectivity index (χ0n) is 10.3. The summed E-state index contributed by atoms with van der Waals surface area (Å²) in [5.74, 6) is -0.381. The van der Waals surface area contributed by atoms with Gasteiger partial charge in [-0.05, 0) is 25.4 Å². The first-order valence-corrected chi connectivity index (χ1v) is 6.69. The SMILES string of the molecule is CSCCC(NC(=O)N(C)C(C)CO)C(=O)O. The molecule has 100 valence electrons. The van der Waals surface area contributed by atoms with Crippen LogP contribution in [-0.4, -0.2) is 64.9 Å². The van der Waals surface area contributed by atoms with Gasteiger partial charge in [-0.2, -0.15) is 11.8 Å². The first-order chi connectivity index (χ1) is 7.93. The Hall–Kier alpha value is -0.950. The number of urea groups is 1. The number of nitrogens with zero attached hydrogens (tertiary/aromatic N) is 1. The first-order valence-electron chi connectivity index (χ1n) is 5.30. The van der Waals surface area contributed by atoms with Crippen molar-refractivity contribution in [1.82, 2.24) is 10.2 Å². The topological polar surface area (TPSA) is 89.9 Å². The number of hydrogen-bond donors (Lipinski definition) is 3. The van der Waals surface area contributed by atoms with Gasteiger partial charge in [-0.15, -0.1) is 0 Å². The standard InChI is InChI=1S/C10H20N2O4S/c1-7(6-13)12(2)10(16)11-8(9(14)15)4-5-17-3/h7-8,13H,4-6H2,1-3H3,(H,11,16)(H,14,15). The third-order valence-electron chi connectivity index (χ3n) is 2.45. The third-order valence-corrected chi connectivity index (χ3v) is 3.10. The van der Waals surface area contributed by atoms with Gasteiger partial charge in [-0.1, -0.05) is 0 Å². The number of hydrogen-bond acceptors (Lipinski definition) is 4. The number of aliphatic carboxylic acids is 1. The number of aliphatic hydroxyl groups is 1. The van der Waals surface area contributed by atoms with E-state index in [4.69, 9.17) is 10.2 Å². The minimum absolute atomic E-state index is 0.160. The summed E-state index contributed by atoms with van der Waals surface area (Å²) in [7, 11) is 1.52. The molecule has 0 aliphatic carbocycles. The number of thioether (sulfide) groups is 1. The Morgan fingerprint density at radius 3 is 2.47 bits per heavy atom. The smallest absolute Gasteiger partial charge is 0.326 e. The maximum Gasteiger partial charge on any atom is 0.326 e. The number of carboxylic acids is 1. The highest BCUT2D eigenvalue weighted by atomic mass is 32.2. The van der Waals surface area contributed by atoms with Crippen molar-refractivity contribution in [2.75, 3.05) is 25.7 Å². The van der Waals surface area contributed by atoms with Gasteiger partial charge in [0, 0.05) is 7.05 Å². The Kier molecular flexibility index (Phi) is 7.73. The Morgan fingerprint density at radius 2 is 2.06 bits per heavy atom. The van der Waals surface area contributed by atoms with Crippen LogP contribution in [0.25, 0.3) is 0 Å². The van der Waals surface area contributed by atoms with Crippen LogP contribution in [0.1, 0.15) is 13.3 Å². The molecule has 0 aliphatic rings. The van der Waals surface area contributed by atoms with E-state index in [1.54, 1.807) is 6.92 Å². The molecule has 0 heterocycles. The molecule has 0 aromatic rings. The van der Waals surface area contributed by atoms with Gasteiger partial charge in [0.15, 0.2) is 0 Å². The lowest BCUT2D eigenvalue weighted by Gasteiger charge is -2.25. The Bertz CT molecular complexity index is 263. The van der Waals surface area contributed by atoms with Gasteiger partial charge in [0.1, 0.15) is 6.04 Å². The predicted molar refractivity (Wildman–Crippen MR) is 67.3 cm³/mol. The molecule has 0 bridgehead atoms. The molecule has 0 aromatic carbocycles. The van der Waals surface area contributed by atoms with Gasteiger partial charge in [-0.3, -0.25) is 0 Å². The minimum Gasteiger partial charge on any atom is -0.480 e. The highest BCUT2D eigenvalue weighted by Gasteiger charge is 2.22. The largest absolute Gasteiger partial charge is 0.480 e. The highest BCUT2D eigenvalue weighted by Crippen LogP contribution is 2.03. The predicted octanol–water partition coefficient (Wildman–Crippen LogP) is 0.215. The fourth-order valence-corrected chi connectivity index (χ4v) is 1.54. The molecule has 6 nitrogen and oxygen atoms in total. The molecule has 0 spiro atoms. The molecular weight excluding hydrogens is 244 g/mol. The van der Waals surface area contributed by atoms with Crippen molar-refractivity contribution in [3.8, 4) is 0 Å². The zero-order valence-corrected chi connectivity index (χ0v) is 11.2. The van der Waals surface area contributed by atoms with Crippen molar-refractivity contribution < 1.29 is 19.8 Å². The van der Waals surface area contributed by atoms with Gasteiger partial charge < -0.3 is 20.4 Å². The van der Waals surface area contributed by atoms with Crippen molar-refractivity contribution in [2.45, 2.75) is 25.4 Å². The van der Waals surface area contributed by atoms with Crippen LogP contribution in [0.15, 0.2) is 0 Å². The molecule has 17 heavy (non-hydrogen) atoms. The van der Waals surface area contributed by atoms with Gasteiger partial charge in [0.05, 0.1) is 12.6 Å². The molecule has 3 N–H and O–H groups in total. The van der Waals surface area contributed by atoms with Crippen molar-refractivity contribution in [1.29, 1.82) is 0 Å². The van der Waals surface area contributed by atoms with E-state index < -0.39 is 18.0 Å². The molecule has 0 rings (SSSR count). The molecule has 0 saturated carbocycles. The Labute approximate surface area is 105 Å². The molecular formula is C10H20N2O4S. The molecule has 0 fully saturated rings. The summed E-state index contributed by atoms with van der Waals surface area (Å²) in [6.45, 7) is 1.52. The molecule has 7 heteroatoms. The van der Waals surface area contributed by atoms with Crippen LogP contribution in [0.5, 0.6) is 0 Å². The van der Waals surface area contributed by atoms with E-state index in [1.807, 2.05) is 6.26 Å². The van der Waals surface area contributed by atoms with Crippen molar-refractivity contribution >= 4 is 23.8 Å². The van der Waals surface area contributed by atoms with E-state index in [9.17, 15) is 9.59 Å². The van der Waals surface area contributed by atoms with Crippen LogP contribution < -0.4 is 5.32 Å². The van der Waals surface area contributed by atoms with Crippen molar-refractivity contribution in [3.63, 3.8) is 0 Å². The van der Waals surface area contributed by atoms with E-state index in [-0.39, 0.29) is 12.6 Å². The van der Waals surface area contributed by atoms with Crippen LogP contribution >= 0.6 is 11.8 Å². The number of amides is 2. The van der Waals surface area contributed by atoms with Crippen LogP contribution in [0.3, 0.4) is 0 Å². The normalized spacial score (nSPS) is 13.9. The number of carbonyl (C=O) groups is 2. The van der Waals surface area contributed by atoms with Gasteiger partial charge in [-0.25, -0.2) is 9.59 Å². The second-order valence-electron chi connectivity index (χ2n) is 3.76. The fraction of sp³-hybridized carbons (Fsp3) is 0.800. The van der Waals surface area contributed by atoms with Crippen molar-refractivity contribution in [2.24, 2.45) is 0 Å². The average Bonchev–Trinajstić information content (AvgIpc) is 2.31. The van der Waals surface area contributed by atoms with Gasteiger partial charge >= 0.3 is 12.0 Å². The second kappa shape index (κ2) is 8.19. The molecule has 0 aliphatic heterocycles. The van der Waals surface area contributed by atoms with E-state index in [1.165, 1.54) is 23.7 Å². The quantitative estimate of drug-likeness (QED) is 0.612. The lowest BCUT2D eigenvalue weighted by atomic mass is 10.2. The second-order valence-corrected chi connectivity index (χ2v) is 4.75. The average molecular weight is 264 g/mol. The summed E-state index contributed by atoms with van der Waals surface area (Å²) in [5.41, 5.74) is 0. The number of rotatable bonds is 7. The summed E-state index contributed by atoms with van der Waals surface area (Å²) in [4.78, 5) is 23.9. The maximum atomic E-state index is 11.7. The van der Waals surface area contributed by atoms with Gasteiger partial charge in [0.2, 0.25) is 0 Å². The number of likely N-dealkylation sites (N-methyl/N-ethyl adjacent to an activating group) is 1. The van der Waals surface area contributed by atoms with E-state index in [0.29, 0.717) is 12.2 Å². The first kappa shape index (κ1) is 16.1. The lowest BCUT2D eigenvalue weighted by Crippen LogP contribution is -2.50. The number of nitrogens with one attached hydrogen (secondary N) is 1. The summed E-state index contributed by atoms with van der Waals surface area (Å²) < 4.78 is 0. The molecule has 0 radical (unpaired) electrons. The Morgan fingerprint density at radius 1 is 1.47 bits per heavy atom. The van der Waals surface area contributed by atoms with Crippen LogP contribution in [0.4, 0.5) is 4.79 Å². The molecule has 2 atom stereocenters. The fourth-order valence-electron chi connectivity index (χ4n) is 1.07. The van der Waals surface area contributed by atoms with E-state index in [0.717, 1.165) is 0 Å². The summed E-state index contributed by atoms with van der Waals surface area (Å²) in [6, 6.07) is -1.71. The minimum atomic E-state index is -1.04. The summed E-state index contributed by atoms with van der Waals surface area (Å²) >= 11 is 1.53. The van der Waals surface area contributed by atoms with Crippen LogP contribution in [0, 0.1) is 0 Å². The summed E-state index contributed by atoms with van der Waals surface area (Å²) in [5, 5.41) is 20.3. The monoisotopic (exact) mass is 264 g/mol. The zero-order chi connectivity index (χ0) is 13.4. The third kappa shape index (κ3) is 5.78. The lowest BCUT2D eigenvalue weighted by molar-refractivity contribution is -0.139. The highest BCUT2D eigenvalue weighted by molar-refractivity contribution is 7.98. The number of carbonyl (C=O) groups excluding carboxylic acids is 1. The van der Waals surface area contributed by atoms with Gasteiger partial charge in [0.25, 0.3) is 0 Å². The van der Waals surface area contributed by atoms with Crippen LogP contribution in [-0.2, 0) is 4.79 Å². The van der Waals surface area contributed by atoms with Crippen LogP contribution in [0.2, 0.25) is 0 Å². The molecule has 0 saturated heterocycles. The Balaban J connectivity index is 4.34. The summed E-state index contributed by atoms with van der Waals surface area (Å²) in [6.07, 6.45) is 2.25. The molecule has 2 amide bonds. The number of carboxylic acid groups (broad SMARTS) is 1. The molecule has 2 unspecified atom stereocenters.